The van der Waals surface area contributed by atoms with Crippen LogP contribution in [0.3, 0.4) is 0 Å². The molecule has 0 saturated heterocycles. The predicted octanol–water partition coefficient (Wildman–Crippen LogP) is 2.07. The average molecular weight is 270 g/mol. The molecule has 0 spiro atoms. The Kier molecular flexibility index (Phi) is 3.76. The molecule has 0 amide bonds. The molecule has 2 rings (SSSR count). The highest BCUT2D eigenvalue weighted by molar-refractivity contribution is 7.71. The van der Waals surface area contributed by atoms with Gasteiger partial charge in [0.15, 0.2) is 4.77 Å². The topological polar surface area (TPSA) is 58.0 Å². The van der Waals surface area contributed by atoms with Gasteiger partial charge in [-0.2, -0.15) is 0 Å². The van der Waals surface area contributed by atoms with E-state index in [0.717, 1.165) is 11.3 Å². The van der Waals surface area contributed by atoms with Crippen LogP contribution in [0.25, 0.3) is 10.2 Å². The van der Waals surface area contributed by atoms with Gasteiger partial charge in [-0.25, -0.2) is 0 Å². The van der Waals surface area contributed by atoms with E-state index in [1.165, 1.54) is 9.44 Å². The van der Waals surface area contributed by atoms with E-state index in [0.29, 0.717) is 23.1 Å². The second-order valence-corrected chi connectivity index (χ2v) is 5.30. The van der Waals surface area contributed by atoms with Crippen molar-refractivity contribution in [1.29, 1.82) is 0 Å². The van der Waals surface area contributed by atoms with Gasteiger partial charge in [0.25, 0.3) is 5.56 Å². The van der Waals surface area contributed by atoms with Crippen LogP contribution in [-0.2, 0) is 13.0 Å². The molecule has 0 atom stereocenters. The lowest BCUT2D eigenvalue weighted by atomic mass is 10.3. The molecule has 2 N–H and O–H groups in total. The number of hydrogen-bond donors (Lipinski definition) is 2. The first-order valence-corrected chi connectivity index (χ1v) is 6.76. The Morgan fingerprint density at radius 1 is 1.59 bits per heavy atom. The minimum atomic E-state index is -0.0619. The maximum atomic E-state index is 12.2. The Balaban J connectivity index is 2.62. The number of rotatable bonds is 4. The molecule has 0 radical (unpaired) electrons. The fraction of sp³-hybridized carbons (Fsp3) is 0.455. The van der Waals surface area contributed by atoms with Crippen molar-refractivity contribution in [3.63, 3.8) is 0 Å². The second-order valence-electron chi connectivity index (χ2n) is 3.77. The summed E-state index contributed by atoms with van der Waals surface area (Å²) in [4.78, 5) is 17.3. The summed E-state index contributed by atoms with van der Waals surface area (Å²) >= 11 is 6.73. The quantitative estimate of drug-likeness (QED) is 0.836. The van der Waals surface area contributed by atoms with Crippen molar-refractivity contribution in [3.05, 3.63) is 26.1 Å². The van der Waals surface area contributed by atoms with E-state index < -0.39 is 0 Å². The van der Waals surface area contributed by atoms with Crippen molar-refractivity contribution in [2.45, 2.75) is 26.3 Å². The van der Waals surface area contributed by atoms with Crippen LogP contribution in [0.4, 0.5) is 0 Å². The van der Waals surface area contributed by atoms with E-state index in [1.807, 2.05) is 6.07 Å². The number of aliphatic hydroxyl groups excluding tert-OH is 1. The summed E-state index contributed by atoms with van der Waals surface area (Å²) < 4.78 is 1.94. The number of aliphatic hydroxyl groups is 1. The van der Waals surface area contributed by atoms with E-state index in [-0.39, 0.29) is 12.2 Å². The summed E-state index contributed by atoms with van der Waals surface area (Å²) in [5.41, 5.74) is -0.0619. The molecule has 92 valence electrons. The number of H-pyrrole nitrogens is 1. The second kappa shape index (κ2) is 5.12. The fourth-order valence-corrected chi connectivity index (χ4v) is 3.03. The largest absolute Gasteiger partial charge is 0.396 e. The van der Waals surface area contributed by atoms with Crippen LogP contribution in [0.2, 0.25) is 0 Å². The van der Waals surface area contributed by atoms with Crippen molar-refractivity contribution in [2.24, 2.45) is 0 Å². The van der Waals surface area contributed by atoms with Crippen molar-refractivity contribution >= 4 is 33.8 Å². The summed E-state index contributed by atoms with van der Waals surface area (Å²) in [6, 6.07) is 1.92. The predicted molar refractivity (Wildman–Crippen MR) is 72.4 cm³/mol. The van der Waals surface area contributed by atoms with Gasteiger partial charge in [0.05, 0.1) is 5.39 Å². The smallest absolute Gasteiger partial charge is 0.263 e. The van der Waals surface area contributed by atoms with Crippen molar-refractivity contribution in [3.8, 4) is 0 Å². The van der Waals surface area contributed by atoms with E-state index in [4.69, 9.17) is 17.3 Å². The first-order chi connectivity index (χ1) is 8.17. The van der Waals surface area contributed by atoms with Gasteiger partial charge in [-0.3, -0.25) is 9.36 Å². The molecule has 2 heterocycles. The molecule has 2 aromatic rings. The molecule has 6 heteroatoms. The summed E-state index contributed by atoms with van der Waals surface area (Å²) in [6.45, 7) is 2.57. The van der Waals surface area contributed by atoms with Gasteiger partial charge >= 0.3 is 0 Å². The molecule has 0 fully saturated rings. The monoisotopic (exact) mass is 270 g/mol. The highest BCUT2D eigenvalue weighted by Crippen LogP contribution is 2.21. The molecule has 17 heavy (non-hydrogen) atoms. The van der Waals surface area contributed by atoms with Crippen LogP contribution < -0.4 is 5.56 Å². The maximum Gasteiger partial charge on any atom is 0.263 e. The molecule has 0 bridgehead atoms. The van der Waals surface area contributed by atoms with Gasteiger partial charge in [-0.15, -0.1) is 11.3 Å². The molecule has 0 aromatic carbocycles. The van der Waals surface area contributed by atoms with Crippen molar-refractivity contribution in [1.82, 2.24) is 9.55 Å². The lowest BCUT2D eigenvalue weighted by Gasteiger charge is -2.04. The Labute approximate surface area is 108 Å². The molecule has 0 unspecified atom stereocenters. The van der Waals surface area contributed by atoms with E-state index >= 15 is 0 Å². The first kappa shape index (κ1) is 12.5. The molecule has 4 nitrogen and oxygen atoms in total. The van der Waals surface area contributed by atoms with Gasteiger partial charge in [0, 0.05) is 18.0 Å². The lowest BCUT2D eigenvalue weighted by molar-refractivity contribution is 0.278. The Bertz CT molecular complexity index is 639. The van der Waals surface area contributed by atoms with Crippen LogP contribution >= 0.6 is 23.6 Å². The maximum absolute atomic E-state index is 12.2. The molecule has 0 aliphatic carbocycles. The molecular formula is C11H14N2O2S2. The number of nitrogens with one attached hydrogen (secondary N) is 1. The third kappa shape index (κ3) is 2.34. The highest BCUT2D eigenvalue weighted by Gasteiger charge is 2.08. The molecular weight excluding hydrogens is 256 g/mol. The highest BCUT2D eigenvalue weighted by atomic mass is 32.1. The van der Waals surface area contributed by atoms with Gasteiger partial charge in [0.2, 0.25) is 0 Å². The third-order valence-corrected chi connectivity index (χ3v) is 4.13. The number of thiophene rings is 1. The van der Waals surface area contributed by atoms with Crippen LogP contribution in [0.15, 0.2) is 10.9 Å². The van der Waals surface area contributed by atoms with Crippen molar-refractivity contribution < 1.29 is 5.11 Å². The molecule has 0 saturated carbocycles. The number of aryl methyl sites for hydroxylation is 1. The zero-order chi connectivity index (χ0) is 12.4. The van der Waals surface area contributed by atoms with Crippen molar-refractivity contribution in [2.75, 3.05) is 6.61 Å². The third-order valence-electron chi connectivity index (χ3n) is 2.61. The number of fused-ring (bicyclic) bond motifs is 1. The number of aromatic amines is 1. The van der Waals surface area contributed by atoms with Gasteiger partial charge in [-0.05, 0) is 31.1 Å². The normalized spacial score (nSPS) is 11.2. The number of aromatic nitrogens is 2. The average Bonchev–Trinajstić information content (AvgIpc) is 2.72. The van der Waals surface area contributed by atoms with E-state index in [9.17, 15) is 4.79 Å². The summed E-state index contributed by atoms with van der Waals surface area (Å²) in [7, 11) is 0. The lowest BCUT2D eigenvalue weighted by Crippen LogP contribution is -2.22. The number of nitrogens with zero attached hydrogens (tertiary/aromatic N) is 1. The summed E-state index contributed by atoms with van der Waals surface area (Å²) in [5.74, 6) is 0. The van der Waals surface area contributed by atoms with E-state index in [1.54, 1.807) is 11.3 Å². The Morgan fingerprint density at radius 2 is 2.35 bits per heavy atom. The summed E-state index contributed by atoms with van der Waals surface area (Å²) in [6.07, 6.45) is 1.45. The van der Waals surface area contributed by atoms with Gasteiger partial charge in [-0.1, -0.05) is 6.92 Å². The molecule has 2 aromatic heterocycles. The van der Waals surface area contributed by atoms with Gasteiger partial charge in [0.1, 0.15) is 4.83 Å². The molecule has 0 aliphatic rings. The van der Waals surface area contributed by atoms with Crippen LogP contribution in [-0.4, -0.2) is 21.3 Å². The van der Waals surface area contributed by atoms with Crippen LogP contribution in [0, 0.1) is 4.77 Å². The SMILES string of the molecule is CCc1cc2c(=O)n(CCCO)c(=S)[nH]c2s1. The first-order valence-electron chi connectivity index (χ1n) is 5.53. The fourth-order valence-electron chi connectivity index (χ4n) is 1.70. The Morgan fingerprint density at radius 3 is 3.00 bits per heavy atom. The molecule has 0 aliphatic heterocycles. The standard InChI is InChI=1S/C11H14N2O2S2/c1-2-7-6-8-9(17-7)12-11(16)13(10(8)15)4-3-5-14/h6,14H,2-5H2,1H3,(H,12,16). The zero-order valence-electron chi connectivity index (χ0n) is 9.52. The van der Waals surface area contributed by atoms with Gasteiger partial charge < -0.3 is 10.1 Å². The summed E-state index contributed by atoms with van der Waals surface area (Å²) in [5, 5.41) is 9.50. The van der Waals surface area contributed by atoms with Crippen LogP contribution in [0.5, 0.6) is 0 Å². The van der Waals surface area contributed by atoms with Crippen LogP contribution in [0.1, 0.15) is 18.2 Å². The van der Waals surface area contributed by atoms with E-state index in [2.05, 4.69) is 11.9 Å². The Hall–Kier alpha value is -0.980. The minimum Gasteiger partial charge on any atom is -0.396 e. The zero-order valence-corrected chi connectivity index (χ0v) is 11.2. The minimum absolute atomic E-state index is 0.0586. The number of hydrogen-bond acceptors (Lipinski definition) is 4.